The predicted molar refractivity (Wildman–Crippen MR) is 91.6 cm³/mol. The van der Waals surface area contributed by atoms with Crippen molar-refractivity contribution in [1.29, 1.82) is 0 Å². The van der Waals surface area contributed by atoms with E-state index < -0.39 is 0 Å². The van der Waals surface area contributed by atoms with Crippen LogP contribution in [0.3, 0.4) is 0 Å². The third-order valence-electron chi connectivity index (χ3n) is 3.46. The van der Waals surface area contributed by atoms with Crippen LogP contribution in [-0.4, -0.2) is 6.04 Å². The molecule has 0 heterocycles. The van der Waals surface area contributed by atoms with Gasteiger partial charge in [-0.3, -0.25) is 0 Å². The Morgan fingerprint density at radius 1 is 1.11 bits per heavy atom. The van der Waals surface area contributed by atoms with Gasteiger partial charge in [0, 0.05) is 21.0 Å². The van der Waals surface area contributed by atoms with Crippen molar-refractivity contribution in [3.63, 3.8) is 0 Å². The van der Waals surface area contributed by atoms with Crippen LogP contribution in [0, 0.1) is 0 Å². The van der Waals surface area contributed by atoms with Gasteiger partial charge in [0.15, 0.2) is 0 Å². The summed E-state index contributed by atoms with van der Waals surface area (Å²) in [6, 6.07) is 7.44. The van der Waals surface area contributed by atoms with E-state index in [1.54, 1.807) is 0 Å². The zero-order chi connectivity index (χ0) is 14.3. The average molecular weight is 391 g/mol. The third-order valence-corrected chi connectivity index (χ3v) is 4.64. The summed E-state index contributed by atoms with van der Waals surface area (Å²) < 4.78 is 2.29. The first kappa shape index (κ1) is 17.2. The molecule has 1 N–H and O–H groups in total. The van der Waals surface area contributed by atoms with Gasteiger partial charge >= 0.3 is 0 Å². The van der Waals surface area contributed by atoms with Gasteiger partial charge in [-0.1, -0.05) is 71.0 Å². The van der Waals surface area contributed by atoms with E-state index >= 15 is 0 Å². The van der Waals surface area contributed by atoms with Crippen molar-refractivity contribution in [3.8, 4) is 0 Å². The second kappa shape index (κ2) is 9.15. The molecule has 0 aliphatic rings. The van der Waals surface area contributed by atoms with Crippen LogP contribution in [0.5, 0.6) is 0 Å². The van der Waals surface area contributed by atoms with Crippen LogP contribution in [0.4, 0.5) is 0 Å². The number of benzene rings is 1. The highest BCUT2D eigenvalue weighted by Crippen LogP contribution is 2.27. The Labute approximate surface area is 134 Å². The number of hydrogen-bond acceptors (Lipinski definition) is 1. The standard InChI is InChI=1S/C16H25Br2N/c1-4-6-8-14(7-5-2)19-12(3)15-10-9-13(17)11-16(15)18/h9-12,14,19H,4-8H2,1-3H3. The molecule has 0 radical (unpaired) electrons. The molecule has 108 valence electrons. The second-order valence-electron chi connectivity index (χ2n) is 5.18. The largest absolute Gasteiger partial charge is 0.307 e. The molecule has 0 aliphatic heterocycles. The summed E-state index contributed by atoms with van der Waals surface area (Å²) >= 11 is 7.16. The quantitative estimate of drug-likeness (QED) is 0.555. The summed E-state index contributed by atoms with van der Waals surface area (Å²) in [6.45, 7) is 6.78. The van der Waals surface area contributed by atoms with Crippen molar-refractivity contribution >= 4 is 31.9 Å². The SMILES string of the molecule is CCCCC(CCC)NC(C)c1ccc(Br)cc1Br. The molecular weight excluding hydrogens is 366 g/mol. The normalized spacial score (nSPS) is 14.4. The van der Waals surface area contributed by atoms with Gasteiger partial charge in [-0.15, -0.1) is 0 Å². The summed E-state index contributed by atoms with van der Waals surface area (Å²) in [4.78, 5) is 0. The average Bonchev–Trinajstić information content (AvgIpc) is 2.36. The van der Waals surface area contributed by atoms with Crippen molar-refractivity contribution in [2.75, 3.05) is 0 Å². The van der Waals surface area contributed by atoms with Crippen LogP contribution < -0.4 is 5.32 Å². The monoisotopic (exact) mass is 389 g/mol. The van der Waals surface area contributed by atoms with Gasteiger partial charge in [-0.05, 0) is 37.5 Å². The Morgan fingerprint density at radius 3 is 2.42 bits per heavy atom. The molecule has 0 aliphatic carbocycles. The van der Waals surface area contributed by atoms with Crippen LogP contribution in [0.25, 0.3) is 0 Å². The molecule has 1 aromatic rings. The Morgan fingerprint density at radius 2 is 1.84 bits per heavy atom. The Balaban J connectivity index is 2.66. The number of unbranched alkanes of at least 4 members (excludes halogenated alkanes) is 1. The topological polar surface area (TPSA) is 12.0 Å². The molecule has 1 rings (SSSR count). The van der Waals surface area contributed by atoms with E-state index in [4.69, 9.17) is 0 Å². The summed E-state index contributed by atoms with van der Waals surface area (Å²) in [7, 11) is 0. The van der Waals surface area contributed by atoms with E-state index in [1.807, 2.05) is 0 Å². The maximum Gasteiger partial charge on any atom is 0.0305 e. The third kappa shape index (κ3) is 5.97. The molecule has 0 saturated carbocycles. The Bertz CT molecular complexity index is 379. The molecule has 2 atom stereocenters. The lowest BCUT2D eigenvalue weighted by Crippen LogP contribution is -2.31. The molecular formula is C16H25Br2N. The minimum Gasteiger partial charge on any atom is -0.307 e. The smallest absolute Gasteiger partial charge is 0.0305 e. The number of hydrogen-bond donors (Lipinski definition) is 1. The van der Waals surface area contributed by atoms with Crippen molar-refractivity contribution in [3.05, 3.63) is 32.7 Å². The first-order valence-corrected chi connectivity index (χ1v) is 8.88. The summed E-state index contributed by atoms with van der Waals surface area (Å²) in [5.74, 6) is 0. The van der Waals surface area contributed by atoms with Crippen molar-refractivity contribution < 1.29 is 0 Å². The van der Waals surface area contributed by atoms with E-state index in [0.717, 1.165) is 4.47 Å². The van der Waals surface area contributed by atoms with Crippen molar-refractivity contribution in [1.82, 2.24) is 5.32 Å². The van der Waals surface area contributed by atoms with Gasteiger partial charge in [-0.2, -0.15) is 0 Å². The summed E-state index contributed by atoms with van der Waals surface area (Å²) in [6.07, 6.45) is 6.38. The van der Waals surface area contributed by atoms with Crippen molar-refractivity contribution in [2.45, 2.75) is 65.0 Å². The molecule has 0 fully saturated rings. The lowest BCUT2D eigenvalue weighted by atomic mass is 10.0. The molecule has 0 saturated heterocycles. The molecule has 3 heteroatoms. The minimum atomic E-state index is 0.385. The lowest BCUT2D eigenvalue weighted by molar-refractivity contribution is 0.395. The Hall–Kier alpha value is 0.140. The number of halogens is 2. The number of nitrogens with one attached hydrogen (secondary N) is 1. The molecule has 1 aromatic carbocycles. The summed E-state index contributed by atoms with van der Waals surface area (Å²) in [5.41, 5.74) is 1.33. The van der Waals surface area contributed by atoms with Crippen LogP contribution in [-0.2, 0) is 0 Å². The highest BCUT2D eigenvalue weighted by Gasteiger charge is 2.14. The van der Waals surface area contributed by atoms with Gasteiger partial charge in [0.1, 0.15) is 0 Å². The second-order valence-corrected chi connectivity index (χ2v) is 6.95. The van der Waals surface area contributed by atoms with E-state index in [9.17, 15) is 0 Å². The molecule has 0 spiro atoms. The first-order valence-electron chi connectivity index (χ1n) is 7.29. The fraction of sp³-hybridized carbons (Fsp3) is 0.625. The van der Waals surface area contributed by atoms with Gasteiger partial charge in [0.25, 0.3) is 0 Å². The van der Waals surface area contributed by atoms with E-state index in [2.05, 4.69) is 76.1 Å². The van der Waals surface area contributed by atoms with E-state index in [1.165, 1.54) is 42.1 Å². The maximum atomic E-state index is 3.78. The fourth-order valence-electron chi connectivity index (χ4n) is 2.41. The van der Waals surface area contributed by atoms with Crippen LogP contribution in [0.1, 0.15) is 64.5 Å². The number of rotatable bonds is 8. The van der Waals surface area contributed by atoms with Gasteiger partial charge in [0.05, 0.1) is 0 Å². The highest BCUT2D eigenvalue weighted by atomic mass is 79.9. The molecule has 1 nitrogen and oxygen atoms in total. The van der Waals surface area contributed by atoms with Gasteiger partial charge in [-0.25, -0.2) is 0 Å². The van der Waals surface area contributed by atoms with Crippen LogP contribution >= 0.6 is 31.9 Å². The predicted octanol–water partition coefficient (Wildman–Crippen LogP) is 6.22. The molecule has 2 unspecified atom stereocenters. The molecule has 0 aromatic heterocycles. The zero-order valence-corrected chi connectivity index (χ0v) is 15.4. The summed E-state index contributed by atoms with van der Waals surface area (Å²) in [5, 5.41) is 3.78. The van der Waals surface area contributed by atoms with Crippen LogP contribution in [0.2, 0.25) is 0 Å². The molecule has 0 bridgehead atoms. The van der Waals surface area contributed by atoms with Gasteiger partial charge in [0.2, 0.25) is 0 Å². The van der Waals surface area contributed by atoms with E-state index in [0.29, 0.717) is 12.1 Å². The highest BCUT2D eigenvalue weighted by molar-refractivity contribution is 9.11. The van der Waals surface area contributed by atoms with E-state index in [-0.39, 0.29) is 0 Å². The van der Waals surface area contributed by atoms with Crippen molar-refractivity contribution in [2.24, 2.45) is 0 Å². The maximum absolute atomic E-state index is 3.78. The lowest BCUT2D eigenvalue weighted by Gasteiger charge is -2.24. The molecule has 0 amide bonds. The zero-order valence-electron chi connectivity index (χ0n) is 12.2. The Kier molecular flexibility index (Phi) is 8.27. The fourth-order valence-corrected chi connectivity index (χ4v) is 3.80. The minimum absolute atomic E-state index is 0.385. The van der Waals surface area contributed by atoms with Gasteiger partial charge < -0.3 is 5.32 Å². The van der Waals surface area contributed by atoms with Crippen LogP contribution in [0.15, 0.2) is 27.1 Å². The molecule has 19 heavy (non-hydrogen) atoms. The first-order chi connectivity index (χ1) is 9.08.